The maximum atomic E-state index is 12.7. The summed E-state index contributed by atoms with van der Waals surface area (Å²) in [5.74, 6) is -1.25. The van der Waals surface area contributed by atoms with E-state index in [9.17, 15) is 24.5 Å². The molecule has 1 fully saturated rings. The minimum Gasteiger partial charge on any atom is -0.444 e. The largest absolute Gasteiger partial charge is 0.444 e. The summed E-state index contributed by atoms with van der Waals surface area (Å²) in [7, 11) is 0. The van der Waals surface area contributed by atoms with Gasteiger partial charge in [-0.05, 0) is 33.3 Å². The average molecular weight is 361 g/mol. The van der Waals surface area contributed by atoms with Crippen LogP contribution in [-0.4, -0.2) is 57.4 Å². The number of carbonyl (C=O) groups excluding carboxylic acids is 3. The lowest BCUT2D eigenvalue weighted by Gasteiger charge is -2.25. The van der Waals surface area contributed by atoms with Gasteiger partial charge < -0.3 is 9.64 Å². The first kappa shape index (κ1) is 17.8. The molecule has 0 aromatic heterocycles. The van der Waals surface area contributed by atoms with Crippen molar-refractivity contribution in [1.82, 2.24) is 9.80 Å². The first-order valence-electron chi connectivity index (χ1n) is 8.23. The molecular weight excluding hydrogens is 342 g/mol. The lowest BCUT2D eigenvalue weighted by atomic mass is 10.1. The topological polar surface area (TPSA) is 110 Å². The number of imide groups is 1. The van der Waals surface area contributed by atoms with Gasteiger partial charge in [0.15, 0.2) is 0 Å². The van der Waals surface area contributed by atoms with Gasteiger partial charge in [-0.2, -0.15) is 0 Å². The molecule has 3 amide bonds. The zero-order valence-electron chi connectivity index (χ0n) is 14.7. The van der Waals surface area contributed by atoms with Crippen molar-refractivity contribution in [3.8, 4) is 0 Å². The van der Waals surface area contributed by atoms with E-state index in [4.69, 9.17) is 4.74 Å². The quantitative estimate of drug-likeness (QED) is 0.454. The van der Waals surface area contributed by atoms with Crippen LogP contribution in [-0.2, 0) is 4.74 Å². The van der Waals surface area contributed by atoms with Crippen LogP contribution in [0.2, 0.25) is 0 Å². The monoisotopic (exact) mass is 361 g/mol. The highest BCUT2D eigenvalue weighted by atomic mass is 16.6. The van der Waals surface area contributed by atoms with Gasteiger partial charge in [0.05, 0.1) is 16.5 Å². The summed E-state index contributed by atoms with van der Waals surface area (Å²) in [6, 6.07) is 3.46. The molecule has 1 atom stereocenters. The second-order valence-electron chi connectivity index (χ2n) is 7.31. The average Bonchev–Trinajstić information content (AvgIpc) is 3.10. The molecule has 0 saturated carbocycles. The highest BCUT2D eigenvalue weighted by Gasteiger charge is 2.46. The minimum absolute atomic E-state index is 0.0277. The zero-order valence-corrected chi connectivity index (χ0v) is 14.7. The second-order valence-corrected chi connectivity index (χ2v) is 7.31. The first-order chi connectivity index (χ1) is 12.1. The number of fused-ring (bicyclic) bond motifs is 1. The molecule has 2 aliphatic heterocycles. The number of benzene rings is 1. The number of rotatable bonds is 2. The van der Waals surface area contributed by atoms with Crippen LogP contribution in [0.3, 0.4) is 0 Å². The molecule has 3 rings (SSSR count). The number of nitrogens with zero attached hydrogens (tertiary/aromatic N) is 3. The second kappa shape index (κ2) is 6.08. The Morgan fingerprint density at radius 2 is 1.96 bits per heavy atom. The SMILES string of the molecule is CC(C)(C)OC(=O)N1CC[C@H](N2C(=O)c3cccc([N+](=O)[O-])c3C2=O)C1. The van der Waals surface area contributed by atoms with E-state index in [1.807, 2.05) is 0 Å². The summed E-state index contributed by atoms with van der Waals surface area (Å²) in [5.41, 5.74) is -1.19. The predicted octanol–water partition coefficient (Wildman–Crippen LogP) is 2.20. The van der Waals surface area contributed by atoms with Crippen LogP contribution in [0.15, 0.2) is 18.2 Å². The van der Waals surface area contributed by atoms with Gasteiger partial charge in [-0.3, -0.25) is 24.6 Å². The van der Waals surface area contributed by atoms with E-state index >= 15 is 0 Å². The summed E-state index contributed by atoms with van der Waals surface area (Å²) in [4.78, 5) is 50.5. The number of amides is 3. The zero-order chi connectivity index (χ0) is 19.2. The number of hydrogen-bond acceptors (Lipinski definition) is 6. The molecule has 0 aliphatic carbocycles. The van der Waals surface area contributed by atoms with Crippen molar-refractivity contribution in [1.29, 1.82) is 0 Å². The van der Waals surface area contributed by atoms with Crippen molar-refractivity contribution in [2.24, 2.45) is 0 Å². The van der Waals surface area contributed by atoms with Crippen molar-refractivity contribution in [2.45, 2.75) is 38.8 Å². The molecule has 0 N–H and O–H groups in total. The van der Waals surface area contributed by atoms with Gasteiger partial charge >= 0.3 is 6.09 Å². The number of nitro groups is 1. The van der Waals surface area contributed by atoms with E-state index in [1.165, 1.54) is 23.1 Å². The van der Waals surface area contributed by atoms with Crippen LogP contribution >= 0.6 is 0 Å². The highest BCUT2D eigenvalue weighted by Crippen LogP contribution is 2.33. The molecule has 9 heteroatoms. The predicted molar refractivity (Wildman–Crippen MR) is 89.8 cm³/mol. The molecule has 0 unspecified atom stereocenters. The van der Waals surface area contributed by atoms with Gasteiger partial charge in [-0.15, -0.1) is 0 Å². The van der Waals surface area contributed by atoms with Gasteiger partial charge in [0.25, 0.3) is 17.5 Å². The molecule has 1 saturated heterocycles. The lowest BCUT2D eigenvalue weighted by molar-refractivity contribution is -0.385. The van der Waals surface area contributed by atoms with Gasteiger partial charge in [0.2, 0.25) is 0 Å². The Morgan fingerprint density at radius 1 is 1.27 bits per heavy atom. The number of nitro benzene ring substituents is 1. The molecule has 0 bridgehead atoms. The molecule has 2 heterocycles. The smallest absolute Gasteiger partial charge is 0.410 e. The van der Waals surface area contributed by atoms with E-state index in [0.29, 0.717) is 13.0 Å². The van der Waals surface area contributed by atoms with E-state index in [0.717, 1.165) is 4.90 Å². The first-order valence-corrected chi connectivity index (χ1v) is 8.23. The molecule has 2 aliphatic rings. The summed E-state index contributed by atoms with van der Waals surface area (Å²) in [6.07, 6.45) is -0.110. The van der Waals surface area contributed by atoms with Crippen LogP contribution in [0.1, 0.15) is 47.9 Å². The standard InChI is InChI=1S/C17H19N3O6/c1-17(2,3)26-16(23)18-8-7-10(9-18)19-14(21)11-5-4-6-12(20(24)25)13(11)15(19)22/h4-6,10H,7-9H2,1-3H3/t10-/m0/s1. The minimum atomic E-state index is -0.687. The van der Waals surface area contributed by atoms with E-state index in [1.54, 1.807) is 20.8 Å². The normalized spacial score (nSPS) is 19.7. The number of carbonyl (C=O) groups is 3. The van der Waals surface area contributed by atoms with Crippen LogP contribution in [0.25, 0.3) is 0 Å². The van der Waals surface area contributed by atoms with Crippen molar-refractivity contribution in [3.63, 3.8) is 0 Å². The molecule has 9 nitrogen and oxygen atoms in total. The third-order valence-electron chi connectivity index (χ3n) is 4.30. The van der Waals surface area contributed by atoms with Crippen molar-refractivity contribution >= 4 is 23.6 Å². The molecular formula is C17H19N3O6. The summed E-state index contributed by atoms with van der Waals surface area (Å²) >= 11 is 0. The third-order valence-corrected chi connectivity index (χ3v) is 4.30. The Bertz CT molecular complexity index is 813. The molecule has 26 heavy (non-hydrogen) atoms. The fourth-order valence-electron chi connectivity index (χ4n) is 3.21. The van der Waals surface area contributed by atoms with Crippen molar-refractivity contribution in [3.05, 3.63) is 39.4 Å². The van der Waals surface area contributed by atoms with Crippen LogP contribution < -0.4 is 0 Å². The van der Waals surface area contributed by atoms with Gasteiger partial charge in [-0.25, -0.2) is 4.79 Å². The van der Waals surface area contributed by atoms with Crippen LogP contribution in [0.4, 0.5) is 10.5 Å². The summed E-state index contributed by atoms with van der Waals surface area (Å²) in [6.45, 7) is 5.74. The lowest BCUT2D eigenvalue weighted by Crippen LogP contribution is -2.43. The summed E-state index contributed by atoms with van der Waals surface area (Å²) < 4.78 is 5.31. The van der Waals surface area contributed by atoms with E-state index in [2.05, 4.69) is 0 Å². The number of ether oxygens (including phenoxy) is 1. The molecule has 1 aromatic carbocycles. The van der Waals surface area contributed by atoms with Crippen molar-refractivity contribution < 1.29 is 24.0 Å². The molecule has 138 valence electrons. The molecule has 1 aromatic rings. The molecule has 0 radical (unpaired) electrons. The Kier molecular flexibility index (Phi) is 4.17. The fraction of sp³-hybridized carbons (Fsp3) is 0.471. The summed E-state index contributed by atoms with van der Waals surface area (Å²) in [5, 5.41) is 11.2. The Morgan fingerprint density at radius 3 is 2.58 bits per heavy atom. The number of likely N-dealkylation sites (tertiary alicyclic amines) is 1. The van der Waals surface area contributed by atoms with Crippen molar-refractivity contribution in [2.75, 3.05) is 13.1 Å². The highest BCUT2D eigenvalue weighted by molar-refractivity contribution is 6.23. The molecule has 0 spiro atoms. The fourth-order valence-corrected chi connectivity index (χ4v) is 3.21. The maximum Gasteiger partial charge on any atom is 0.410 e. The Balaban J connectivity index is 1.81. The Labute approximate surface area is 149 Å². The van der Waals surface area contributed by atoms with E-state index in [-0.39, 0.29) is 23.4 Å². The van der Waals surface area contributed by atoms with Gasteiger partial charge in [0, 0.05) is 19.2 Å². The van der Waals surface area contributed by atoms with E-state index < -0.39 is 34.5 Å². The number of hydrogen-bond donors (Lipinski definition) is 0. The van der Waals surface area contributed by atoms with Crippen LogP contribution in [0.5, 0.6) is 0 Å². The Hall–Kier alpha value is -2.97. The maximum absolute atomic E-state index is 12.7. The third kappa shape index (κ3) is 3.00. The van der Waals surface area contributed by atoms with Crippen LogP contribution in [0, 0.1) is 10.1 Å². The van der Waals surface area contributed by atoms with Gasteiger partial charge in [0.1, 0.15) is 11.2 Å². The van der Waals surface area contributed by atoms with Gasteiger partial charge in [-0.1, -0.05) is 6.07 Å².